The molecule has 29 heavy (non-hydrogen) atoms. The van der Waals surface area contributed by atoms with E-state index in [2.05, 4.69) is 0 Å². The first-order chi connectivity index (χ1) is 13.9. The molecule has 0 aliphatic heterocycles. The molecule has 0 saturated heterocycles. The van der Waals surface area contributed by atoms with E-state index in [1.807, 2.05) is 48.5 Å². The van der Waals surface area contributed by atoms with Crippen molar-refractivity contribution in [3.63, 3.8) is 0 Å². The van der Waals surface area contributed by atoms with Crippen LogP contribution < -0.4 is 0 Å². The zero-order chi connectivity index (χ0) is 20.4. The minimum Gasteiger partial charge on any atom is -0.219 e. The Morgan fingerprint density at radius 2 is 0.655 bits per heavy atom. The van der Waals surface area contributed by atoms with Crippen LogP contribution in [0.5, 0.6) is 0 Å². The standard InChI is InChI=1S/C24H16Cl2O2S/c25-21-9-1-17(2-10-21)19-5-13-23(14-6-19)29(27,28)24-15-7-20(8-16-24)18-3-11-22(26)12-4-18/h1-16H. The van der Waals surface area contributed by atoms with Crippen LogP contribution in [-0.2, 0) is 9.84 Å². The Morgan fingerprint density at radius 3 is 0.931 bits per heavy atom. The highest BCUT2D eigenvalue weighted by Gasteiger charge is 2.17. The minimum atomic E-state index is -3.59. The van der Waals surface area contributed by atoms with E-state index in [4.69, 9.17) is 23.2 Å². The Labute approximate surface area is 180 Å². The summed E-state index contributed by atoms with van der Waals surface area (Å²) in [5.41, 5.74) is 3.81. The third-order valence-corrected chi connectivity index (χ3v) is 6.97. The zero-order valence-corrected chi connectivity index (χ0v) is 17.5. The lowest BCUT2D eigenvalue weighted by Crippen LogP contribution is -2.01. The topological polar surface area (TPSA) is 34.1 Å². The average molecular weight is 439 g/mol. The van der Waals surface area contributed by atoms with Crippen molar-refractivity contribution < 1.29 is 8.42 Å². The van der Waals surface area contributed by atoms with Crippen molar-refractivity contribution in [1.82, 2.24) is 0 Å². The van der Waals surface area contributed by atoms with Crippen LogP contribution in [0.15, 0.2) is 107 Å². The van der Waals surface area contributed by atoms with Gasteiger partial charge in [0.2, 0.25) is 9.84 Å². The number of benzene rings is 4. The fourth-order valence-electron chi connectivity index (χ4n) is 3.07. The van der Waals surface area contributed by atoms with Crippen molar-refractivity contribution in [1.29, 1.82) is 0 Å². The molecule has 0 saturated carbocycles. The lowest BCUT2D eigenvalue weighted by Gasteiger charge is -2.08. The van der Waals surface area contributed by atoms with Gasteiger partial charge in [0.1, 0.15) is 0 Å². The lowest BCUT2D eigenvalue weighted by atomic mass is 10.1. The van der Waals surface area contributed by atoms with E-state index in [9.17, 15) is 8.42 Å². The van der Waals surface area contributed by atoms with Gasteiger partial charge in [-0.1, -0.05) is 71.7 Å². The van der Waals surface area contributed by atoms with Gasteiger partial charge in [-0.15, -0.1) is 0 Å². The second-order valence-corrected chi connectivity index (χ2v) is 9.39. The largest absolute Gasteiger partial charge is 0.219 e. The van der Waals surface area contributed by atoms with Crippen LogP contribution in [0.25, 0.3) is 22.3 Å². The molecule has 0 unspecified atom stereocenters. The van der Waals surface area contributed by atoms with Crippen LogP contribution in [0, 0.1) is 0 Å². The van der Waals surface area contributed by atoms with Crippen molar-refractivity contribution in [3.8, 4) is 22.3 Å². The zero-order valence-electron chi connectivity index (χ0n) is 15.2. The molecule has 0 atom stereocenters. The maximum atomic E-state index is 13.0. The first-order valence-electron chi connectivity index (χ1n) is 8.91. The third-order valence-electron chi connectivity index (χ3n) is 4.68. The van der Waals surface area contributed by atoms with Gasteiger partial charge in [-0.2, -0.15) is 0 Å². The van der Waals surface area contributed by atoms with Gasteiger partial charge in [0.25, 0.3) is 0 Å². The normalized spacial score (nSPS) is 11.4. The van der Waals surface area contributed by atoms with E-state index in [0.29, 0.717) is 10.0 Å². The summed E-state index contributed by atoms with van der Waals surface area (Å²) < 4.78 is 26.0. The molecule has 0 heterocycles. The van der Waals surface area contributed by atoms with Crippen LogP contribution in [0.4, 0.5) is 0 Å². The van der Waals surface area contributed by atoms with Gasteiger partial charge in [0.15, 0.2) is 0 Å². The van der Waals surface area contributed by atoms with Gasteiger partial charge in [-0.3, -0.25) is 0 Å². The molecule has 0 aliphatic carbocycles. The average Bonchev–Trinajstić information content (AvgIpc) is 2.75. The molecule has 2 nitrogen and oxygen atoms in total. The molecule has 5 heteroatoms. The van der Waals surface area contributed by atoms with Crippen molar-refractivity contribution in [2.75, 3.05) is 0 Å². The molecule has 0 amide bonds. The van der Waals surface area contributed by atoms with E-state index in [1.165, 1.54) is 0 Å². The molecule has 0 aliphatic rings. The molecule has 0 N–H and O–H groups in total. The first-order valence-corrected chi connectivity index (χ1v) is 11.1. The van der Waals surface area contributed by atoms with E-state index in [-0.39, 0.29) is 9.79 Å². The highest BCUT2D eigenvalue weighted by atomic mass is 35.5. The number of halogens is 2. The fourth-order valence-corrected chi connectivity index (χ4v) is 4.59. The molecule has 4 rings (SSSR count). The molecular formula is C24H16Cl2O2S. The van der Waals surface area contributed by atoms with E-state index < -0.39 is 9.84 Å². The van der Waals surface area contributed by atoms with Crippen LogP contribution in [0.2, 0.25) is 10.0 Å². The van der Waals surface area contributed by atoms with Crippen molar-refractivity contribution in [3.05, 3.63) is 107 Å². The summed E-state index contributed by atoms with van der Waals surface area (Å²) in [5, 5.41) is 1.32. The molecule has 0 fully saturated rings. The molecular weight excluding hydrogens is 423 g/mol. The maximum Gasteiger partial charge on any atom is 0.206 e. The van der Waals surface area contributed by atoms with Gasteiger partial charge in [-0.25, -0.2) is 8.42 Å². The molecule has 144 valence electrons. The van der Waals surface area contributed by atoms with Crippen LogP contribution in [0.3, 0.4) is 0 Å². The van der Waals surface area contributed by atoms with Gasteiger partial charge < -0.3 is 0 Å². The Bertz CT molecular complexity index is 1130. The van der Waals surface area contributed by atoms with Gasteiger partial charge in [-0.05, 0) is 70.8 Å². The summed E-state index contributed by atoms with van der Waals surface area (Å²) in [6, 6.07) is 28.6. The maximum absolute atomic E-state index is 13.0. The second kappa shape index (κ2) is 8.03. The Kier molecular flexibility index (Phi) is 5.46. The predicted octanol–water partition coefficient (Wildman–Crippen LogP) is 7.16. The van der Waals surface area contributed by atoms with Crippen molar-refractivity contribution in [2.24, 2.45) is 0 Å². The highest BCUT2D eigenvalue weighted by molar-refractivity contribution is 7.91. The van der Waals surface area contributed by atoms with Gasteiger partial charge in [0, 0.05) is 10.0 Å². The molecule has 4 aromatic carbocycles. The van der Waals surface area contributed by atoms with Crippen molar-refractivity contribution >= 4 is 33.0 Å². The summed E-state index contributed by atoms with van der Waals surface area (Å²) in [6.45, 7) is 0. The predicted molar refractivity (Wildman–Crippen MR) is 119 cm³/mol. The second-order valence-electron chi connectivity index (χ2n) is 6.57. The smallest absolute Gasteiger partial charge is 0.206 e. The third kappa shape index (κ3) is 4.23. The Balaban J connectivity index is 1.61. The summed E-state index contributed by atoms with van der Waals surface area (Å²) in [4.78, 5) is 0.518. The lowest BCUT2D eigenvalue weighted by molar-refractivity contribution is 0.596. The van der Waals surface area contributed by atoms with Gasteiger partial charge >= 0.3 is 0 Å². The SMILES string of the molecule is O=S(=O)(c1ccc(-c2ccc(Cl)cc2)cc1)c1ccc(-c2ccc(Cl)cc2)cc1. The molecule has 0 radical (unpaired) electrons. The van der Waals surface area contributed by atoms with E-state index >= 15 is 0 Å². The summed E-state index contributed by atoms with van der Waals surface area (Å²) >= 11 is 11.8. The van der Waals surface area contributed by atoms with Gasteiger partial charge in [0.05, 0.1) is 9.79 Å². The number of hydrogen-bond donors (Lipinski definition) is 0. The number of sulfone groups is 1. The summed E-state index contributed by atoms with van der Waals surface area (Å²) in [5.74, 6) is 0. The first kappa shape index (κ1) is 19.7. The molecule has 0 spiro atoms. The van der Waals surface area contributed by atoms with E-state index in [1.54, 1.807) is 48.5 Å². The van der Waals surface area contributed by atoms with Crippen molar-refractivity contribution in [2.45, 2.75) is 9.79 Å². The summed E-state index contributed by atoms with van der Waals surface area (Å²) in [7, 11) is -3.59. The Morgan fingerprint density at radius 1 is 0.414 bits per heavy atom. The van der Waals surface area contributed by atoms with E-state index in [0.717, 1.165) is 22.3 Å². The number of rotatable bonds is 4. The highest BCUT2D eigenvalue weighted by Crippen LogP contribution is 2.28. The summed E-state index contributed by atoms with van der Waals surface area (Å²) in [6.07, 6.45) is 0. The van der Waals surface area contributed by atoms with Crippen LogP contribution in [0.1, 0.15) is 0 Å². The van der Waals surface area contributed by atoms with Crippen LogP contribution >= 0.6 is 23.2 Å². The number of hydrogen-bond acceptors (Lipinski definition) is 2. The fraction of sp³-hybridized carbons (Fsp3) is 0. The monoisotopic (exact) mass is 438 g/mol. The quantitative estimate of drug-likeness (QED) is 0.338. The molecule has 4 aromatic rings. The molecule has 0 aromatic heterocycles. The molecule has 0 bridgehead atoms. The van der Waals surface area contributed by atoms with Crippen LogP contribution in [-0.4, -0.2) is 8.42 Å². The minimum absolute atomic E-state index is 0.259. The Hall–Kier alpha value is -2.59.